The molecule has 2 aromatic heterocycles. The lowest BCUT2D eigenvalue weighted by molar-refractivity contribution is 0.682. The second-order valence-corrected chi connectivity index (χ2v) is 11.2. The Labute approximate surface area is 192 Å². The number of aryl methyl sites for hydroxylation is 3. The molecule has 0 aliphatic heterocycles. The molecule has 4 N–H and O–H groups in total. The minimum Gasteiger partial charge on any atom is -0.397 e. The van der Waals surface area contributed by atoms with Gasteiger partial charge in [0.25, 0.3) is 0 Å². The molecular formula is C24H25N3OS3. The molecule has 1 unspecified atom stereocenters. The van der Waals surface area contributed by atoms with Gasteiger partial charge in [-0.25, -0.2) is 14.3 Å². The van der Waals surface area contributed by atoms with Crippen LogP contribution in [0.2, 0.25) is 0 Å². The molecule has 0 aliphatic carbocycles. The van der Waals surface area contributed by atoms with Crippen molar-refractivity contribution in [1.29, 1.82) is 0 Å². The topological polar surface area (TPSA) is 82.0 Å². The third-order valence-electron chi connectivity index (χ3n) is 4.52. The lowest BCUT2D eigenvalue weighted by atomic mass is 10.1. The van der Waals surface area contributed by atoms with Crippen molar-refractivity contribution in [3.63, 3.8) is 0 Å². The van der Waals surface area contributed by atoms with Crippen molar-refractivity contribution in [1.82, 2.24) is 4.98 Å². The van der Waals surface area contributed by atoms with Crippen molar-refractivity contribution in [2.24, 2.45) is 5.14 Å². The molecule has 0 aliphatic rings. The van der Waals surface area contributed by atoms with Gasteiger partial charge >= 0.3 is 0 Å². The fourth-order valence-electron chi connectivity index (χ4n) is 2.76. The summed E-state index contributed by atoms with van der Waals surface area (Å²) in [5.74, 6) is 0. The van der Waals surface area contributed by atoms with E-state index in [0.29, 0.717) is 4.90 Å². The van der Waals surface area contributed by atoms with Crippen molar-refractivity contribution >= 4 is 43.1 Å². The van der Waals surface area contributed by atoms with Crippen LogP contribution in [0.5, 0.6) is 0 Å². The number of benzene rings is 2. The maximum atomic E-state index is 11.5. The number of nitrogen functional groups attached to an aromatic ring is 1. The van der Waals surface area contributed by atoms with E-state index in [1.165, 1.54) is 10.4 Å². The lowest BCUT2D eigenvalue weighted by Crippen LogP contribution is -2.12. The zero-order valence-electron chi connectivity index (χ0n) is 17.7. The zero-order valence-corrected chi connectivity index (χ0v) is 20.2. The van der Waals surface area contributed by atoms with Gasteiger partial charge in [-0.05, 0) is 50.6 Å². The van der Waals surface area contributed by atoms with E-state index < -0.39 is 9.71 Å². The van der Waals surface area contributed by atoms with E-state index in [-0.39, 0.29) is 0 Å². The van der Waals surface area contributed by atoms with Crippen LogP contribution in [0.25, 0.3) is 21.1 Å². The van der Waals surface area contributed by atoms with E-state index in [9.17, 15) is 4.21 Å². The van der Waals surface area contributed by atoms with E-state index in [1.807, 2.05) is 25.1 Å². The van der Waals surface area contributed by atoms with Crippen LogP contribution < -0.4 is 10.9 Å². The Bertz CT molecular complexity index is 1320. The number of thiophene rings is 1. The predicted octanol–water partition coefficient (Wildman–Crippen LogP) is 5.84. The first-order chi connectivity index (χ1) is 14.7. The van der Waals surface area contributed by atoms with E-state index in [2.05, 4.69) is 55.1 Å². The predicted molar refractivity (Wildman–Crippen MR) is 137 cm³/mol. The maximum absolute atomic E-state index is 11.5. The van der Waals surface area contributed by atoms with Crippen molar-refractivity contribution in [2.45, 2.75) is 25.7 Å². The van der Waals surface area contributed by atoms with Crippen LogP contribution in [-0.4, -0.2) is 14.2 Å². The van der Waals surface area contributed by atoms with Gasteiger partial charge in [-0.15, -0.1) is 22.7 Å². The first-order valence-corrected chi connectivity index (χ1v) is 12.8. The molecular weight excluding hydrogens is 442 g/mol. The summed E-state index contributed by atoms with van der Waals surface area (Å²) >= 11 is 3.35. The Morgan fingerprint density at radius 3 is 2.10 bits per heavy atom. The van der Waals surface area contributed by atoms with Gasteiger partial charge in [-0.1, -0.05) is 47.5 Å². The van der Waals surface area contributed by atoms with Crippen molar-refractivity contribution in [3.8, 4) is 21.1 Å². The van der Waals surface area contributed by atoms with Gasteiger partial charge in [-0.2, -0.15) is 0 Å². The summed E-state index contributed by atoms with van der Waals surface area (Å²) in [6.07, 6.45) is 0. The van der Waals surface area contributed by atoms with Crippen LogP contribution >= 0.6 is 22.7 Å². The monoisotopic (exact) mass is 467 g/mol. The number of nitrogens with two attached hydrogens (primary N) is 2. The summed E-state index contributed by atoms with van der Waals surface area (Å²) < 4.78 is 11.5. The Kier molecular flexibility index (Phi) is 7.15. The second-order valence-electron chi connectivity index (χ2n) is 7.10. The molecule has 0 spiro atoms. The van der Waals surface area contributed by atoms with Crippen LogP contribution in [0, 0.1) is 20.8 Å². The quantitative estimate of drug-likeness (QED) is 0.372. The number of thiazole rings is 1. The highest BCUT2D eigenvalue weighted by Gasteiger charge is 2.12. The van der Waals surface area contributed by atoms with Gasteiger partial charge in [0.2, 0.25) is 0 Å². The zero-order chi connectivity index (χ0) is 22.6. The van der Waals surface area contributed by atoms with Crippen LogP contribution in [-0.2, 0) is 9.71 Å². The lowest BCUT2D eigenvalue weighted by Gasteiger charge is -2.01. The van der Waals surface area contributed by atoms with E-state index in [1.54, 1.807) is 34.8 Å². The summed E-state index contributed by atoms with van der Waals surface area (Å²) in [4.78, 5) is 7.58. The summed E-state index contributed by atoms with van der Waals surface area (Å²) in [6, 6.07) is 17.6. The van der Waals surface area contributed by atoms with Crippen molar-refractivity contribution < 1.29 is 4.21 Å². The third kappa shape index (κ3) is 5.73. The smallest absolute Gasteiger partial charge is 0.136 e. The molecule has 4 nitrogen and oxygen atoms in total. The Morgan fingerprint density at radius 1 is 1.00 bits per heavy atom. The molecule has 2 heterocycles. The second kappa shape index (κ2) is 9.64. The Morgan fingerprint density at radius 2 is 1.58 bits per heavy atom. The molecule has 1 atom stereocenters. The van der Waals surface area contributed by atoms with Gasteiger partial charge in [-0.3, -0.25) is 0 Å². The highest BCUT2D eigenvalue weighted by atomic mass is 32.2. The number of nitrogens with zero attached hydrogens (tertiary/aromatic N) is 1. The molecule has 2 aromatic carbocycles. The first-order valence-electron chi connectivity index (χ1n) is 9.51. The molecule has 31 heavy (non-hydrogen) atoms. The first kappa shape index (κ1) is 23.0. The van der Waals surface area contributed by atoms with Crippen molar-refractivity contribution in [2.75, 3.05) is 5.73 Å². The van der Waals surface area contributed by atoms with Gasteiger partial charge in [0.05, 0.1) is 30.9 Å². The summed E-state index contributed by atoms with van der Waals surface area (Å²) in [7, 11) is -2.63. The maximum Gasteiger partial charge on any atom is 0.136 e. The van der Waals surface area contributed by atoms with Crippen LogP contribution in [0.15, 0.2) is 71.5 Å². The highest BCUT2D eigenvalue weighted by Crippen LogP contribution is 2.37. The average molecular weight is 468 g/mol. The van der Waals surface area contributed by atoms with E-state index in [4.69, 9.17) is 15.9 Å². The minimum atomic E-state index is -2.63. The largest absolute Gasteiger partial charge is 0.397 e. The molecule has 0 saturated heterocycles. The van der Waals surface area contributed by atoms with E-state index >= 15 is 0 Å². The van der Waals surface area contributed by atoms with Gasteiger partial charge < -0.3 is 5.73 Å². The Hall–Kier alpha value is -2.67. The van der Waals surface area contributed by atoms with Gasteiger partial charge in [0.1, 0.15) is 5.01 Å². The fourth-order valence-corrected chi connectivity index (χ4v) is 5.34. The van der Waals surface area contributed by atoms with Crippen LogP contribution in [0.1, 0.15) is 16.0 Å². The number of aromatic nitrogens is 1. The summed E-state index contributed by atoms with van der Waals surface area (Å²) in [5.41, 5.74) is 11.4. The molecule has 4 aromatic rings. The molecule has 7 heteroatoms. The van der Waals surface area contributed by atoms with E-state index in [0.717, 1.165) is 32.4 Å². The number of hydrogen-bond acceptors (Lipinski definition) is 5. The number of rotatable bonds is 3. The van der Waals surface area contributed by atoms with Crippen LogP contribution in [0.3, 0.4) is 0 Å². The number of anilines is 1. The molecule has 0 fully saturated rings. The average Bonchev–Trinajstić information content (AvgIpc) is 3.35. The van der Waals surface area contributed by atoms with Gasteiger partial charge in [0.15, 0.2) is 0 Å². The highest BCUT2D eigenvalue weighted by molar-refractivity contribution is 7.98. The molecule has 0 saturated carbocycles. The molecule has 0 bridgehead atoms. The normalized spacial score (nSPS) is 12.4. The number of hydrogen-bond donors (Lipinski definition) is 2. The van der Waals surface area contributed by atoms with Crippen molar-refractivity contribution in [3.05, 3.63) is 82.6 Å². The standard InChI is InChI=1S/C15H14N2S2.C9H11NOS/c1-9-3-5-11(6-4-9)13-8-18-15(17-13)14-12(16)7-10(2)19-14;1-3-12(10,11)9-6-4-8(2)5-7-9/h3-8H,16H2,1-2H3;4-7H,1H2,2H3,(H2,10,11). The van der Waals surface area contributed by atoms with Crippen LogP contribution in [0.4, 0.5) is 5.69 Å². The molecule has 160 valence electrons. The summed E-state index contributed by atoms with van der Waals surface area (Å²) in [5, 5.41) is 10.9. The SMILES string of the molecule is C=C=S(N)(=O)c1ccc(C)cc1.Cc1ccc(-c2csc(-c3sc(C)cc3N)n2)cc1. The summed E-state index contributed by atoms with van der Waals surface area (Å²) in [6.45, 7) is 9.42. The Balaban J connectivity index is 0.000000196. The third-order valence-corrected chi connectivity index (χ3v) is 7.98. The minimum absolute atomic E-state index is 0.572. The molecule has 0 amide bonds. The molecule has 4 rings (SSSR count). The molecule has 0 radical (unpaired) electrons. The fraction of sp³-hybridized carbons (Fsp3) is 0.125. The van der Waals surface area contributed by atoms with Gasteiger partial charge in [0, 0.05) is 15.8 Å².